The summed E-state index contributed by atoms with van der Waals surface area (Å²) in [6.45, 7) is 5.33. The number of aromatic nitrogens is 1. The van der Waals surface area contributed by atoms with Gasteiger partial charge in [-0.2, -0.15) is 0 Å². The third-order valence-corrected chi connectivity index (χ3v) is 3.49. The fourth-order valence-corrected chi connectivity index (χ4v) is 2.29. The zero-order valence-corrected chi connectivity index (χ0v) is 10.3. The first kappa shape index (κ1) is 11.5. The van der Waals surface area contributed by atoms with Crippen molar-refractivity contribution in [3.63, 3.8) is 0 Å². The standard InChI is InChI=1S/C13H17N3O2/c17-10-11-8-12(15-4-6-18-7-5-15)9-13(14-11)16-2-1-3-16/h8-10H,1-7H2. The Labute approximate surface area is 106 Å². The minimum absolute atomic E-state index is 0.515. The number of carbonyl (C=O) groups is 1. The average Bonchev–Trinajstić information content (AvgIpc) is 2.37. The van der Waals surface area contributed by atoms with E-state index in [9.17, 15) is 4.79 Å². The Morgan fingerprint density at radius 1 is 1.11 bits per heavy atom. The van der Waals surface area contributed by atoms with E-state index in [-0.39, 0.29) is 0 Å². The molecule has 0 unspecified atom stereocenters. The summed E-state index contributed by atoms with van der Waals surface area (Å²) in [5.41, 5.74) is 1.60. The Morgan fingerprint density at radius 3 is 2.50 bits per heavy atom. The molecule has 0 atom stereocenters. The van der Waals surface area contributed by atoms with Gasteiger partial charge in [0.25, 0.3) is 0 Å². The predicted octanol–water partition coefficient (Wildman–Crippen LogP) is 0.941. The van der Waals surface area contributed by atoms with Gasteiger partial charge in [-0.25, -0.2) is 4.98 Å². The quantitative estimate of drug-likeness (QED) is 0.744. The molecule has 0 spiro atoms. The molecule has 3 heterocycles. The van der Waals surface area contributed by atoms with Gasteiger partial charge in [-0.3, -0.25) is 4.79 Å². The Morgan fingerprint density at radius 2 is 1.89 bits per heavy atom. The lowest BCUT2D eigenvalue weighted by molar-refractivity contribution is 0.111. The molecule has 0 radical (unpaired) electrons. The van der Waals surface area contributed by atoms with E-state index in [0.717, 1.165) is 57.2 Å². The summed E-state index contributed by atoms with van der Waals surface area (Å²) in [6, 6.07) is 3.94. The second kappa shape index (κ2) is 4.94. The summed E-state index contributed by atoms with van der Waals surface area (Å²) < 4.78 is 5.35. The Bertz CT molecular complexity index is 440. The second-order valence-corrected chi connectivity index (χ2v) is 4.67. The molecule has 2 fully saturated rings. The first-order chi connectivity index (χ1) is 8.86. The number of pyridine rings is 1. The van der Waals surface area contributed by atoms with Crippen molar-refractivity contribution in [2.24, 2.45) is 0 Å². The molecule has 3 rings (SSSR count). The summed E-state index contributed by atoms with van der Waals surface area (Å²) in [6.07, 6.45) is 2.03. The van der Waals surface area contributed by atoms with Gasteiger partial charge in [-0.15, -0.1) is 0 Å². The Balaban J connectivity index is 1.89. The monoisotopic (exact) mass is 247 g/mol. The van der Waals surface area contributed by atoms with Crippen LogP contribution >= 0.6 is 0 Å². The maximum Gasteiger partial charge on any atom is 0.168 e. The molecule has 96 valence electrons. The number of anilines is 2. The maximum atomic E-state index is 11.0. The fourth-order valence-electron chi connectivity index (χ4n) is 2.29. The molecule has 2 aliphatic heterocycles. The normalized spacial score (nSPS) is 19.6. The van der Waals surface area contributed by atoms with Crippen molar-refractivity contribution in [3.8, 4) is 0 Å². The lowest BCUT2D eigenvalue weighted by atomic mass is 10.2. The first-order valence-electron chi connectivity index (χ1n) is 6.42. The van der Waals surface area contributed by atoms with Crippen LogP contribution in [-0.4, -0.2) is 50.7 Å². The van der Waals surface area contributed by atoms with Crippen LogP contribution in [0.2, 0.25) is 0 Å². The number of nitrogens with zero attached hydrogens (tertiary/aromatic N) is 3. The van der Waals surface area contributed by atoms with Crippen LogP contribution in [0.4, 0.5) is 11.5 Å². The number of hydrogen-bond acceptors (Lipinski definition) is 5. The predicted molar refractivity (Wildman–Crippen MR) is 69.5 cm³/mol. The molecule has 0 saturated carbocycles. The van der Waals surface area contributed by atoms with Gasteiger partial charge in [0.2, 0.25) is 0 Å². The van der Waals surface area contributed by atoms with E-state index in [2.05, 4.69) is 20.9 Å². The van der Waals surface area contributed by atoms with Gasteiger partial charge in [0.1, 0.15) is 11.5 Å². The topological polar surface area (TPSA) is 45.7 Å². The molecular weight excluding hydrogens is 230 g/mol. The third-order valence-electron chi connectivity index (χ3n) is 3.49. The molecule has 0 bridgehead atoms. The number of hydrogen-bond donors (Lipinski definition) is 0. The van der Waals surface area contributed by atoms with Gasteiger partial charge in [0, 0.05) is 37.9 Å². The number of ether oxygens (including phenoxy) is 1. The van der Waals surface area contributed by atoms with E-state index >= 15 is 0 Å². The maximum absolute atomic E-state index is 11.0. The third kappa shape index (κ3) is 2.18. The van der Waals surface area contributed by atoms with Crippen molar-refractivity contribution in [1.29, 1.82) is 0 Å². The van der Waals surface area contributed by atoms with Crippen LogP contribution in [0.15, 0.2) is 12.1 Å². The van der Waals surface area contributed by atoms with Crippen molar-refractivity contribution < 1.29 is 9.53 Å². The van der Waals surface area contributed by atoms with Crippen molar-refractivity contribution >= 4 is 17.8 Å². The molecule has 0 aliphatic carbocycles. The van der Waals surface area contributed by atoms with Crippen LogP contribution < -0.4 is 9.80 Å². The van der Waals surface area contributed by atoms with Crippen molar-refractivity contribution in [1.82, 2.24) is 4.98 Å². The van der Waals surface area contributed by atoms with Crippen LogP contribution in [0.5, 0.6) is 0 Å². The molecule has 5 heteroatoms. The minimum Gasteiger partial charge on any atom is -0.378 e. The van der Waals surface area contributed by atoms with Gasteiger partial charge in [-0.05, 0) is 12.5 Å². The van der Waals surface area contributed by atoms with Gasteiger partial charge in [0.15, 0.2) is 6.29 Å². The minimum atomic E-state index is 0.515. The molecular formula is C13H17N3O2. The Kier molecular flexibility index (Phi) is 3.15. The van der Waals surface area contributed by atoms with E-state index in [1.165, 1.54) is 6.42 Å². The van der Waals surface area contributed by atoms with E-state index in [1.807, 2.05) is 6.07 Å². The fraction of sp³-hybridized carbons (Fsp3) is 0.538. The highest BCUT2D eigenvalue weighted by Gasteiger charge is 2.19. The zero-order valence-electron chi connectivity index (χ0n) is 10.3. The van der Waals surface area contributed by atoms with Gasteiger partial charge >= 0.3 is 0 Å². The zero-order chi connectivity index (χ0) is 12.4. The van der Waals surface area contributed by atoms with Crippen molar-refractivity contribution in [3.05, 3.63) is 17.8 Å². The van der Waals surface area contributed by atoms with E-state index in [4.69, 9.17) is 4.74 Å². The van der Waals surface area contributed by atoms with E-state index in [1.54, 1.807) is 0 Å². The van der Waals surface area contributed by atoms with Crippen molar-refractivity contribution in [2.75, 3.05) is 49.2 Å². The molecule has 2 saturated heterocycles. The summed E-state index contributed by atoms with van der Waals surface area (Å²) in [7, 11) is 0. The lowest BCUT2D eigenvalue weighted by Crippen LogP contribution is -2.39. The Hall–Kier alpha value is -1.62. The molecule has 0 aromatic carbocycles. The summed E-state index contributed by atoms with van der Waals surface area (Å²) in [5.74, 6) is 0.923. The number of morpholine rings is 1. The molecule has 5 nitrogen and oxygen atoms in total. The molecule has 1 aromatic rings. The average molecular weight is 247 g/mol. The van der Waals surface area contributed by atoms with Crippen molar-refractivity contribution in [2.45, 2.75) is 6.42 Å². The number of carbonyl (C=O) groups excluding carboxylic acids is 1. The van der Waals surface area contributed by atoms with Gasteiger partial charge < -0.3 is 14.5 Å². The summed E-state index contributed by atoms with van der Waals surface area (Å²) in [4.78, 5) is 19.8. The summed E-state index contributed by atoms with van der Waals surface area (Å²) >= 11 is 0. The smallest absolute Gasteiger partial charge is 0.168 e. The lowest BCUT2D eigenvalue weighted by Gasteiger charge is -2.34. The molecule has 2 aliphatic rings. The molecule has 18 heavy (non-hydrogen) atoms. The second-order valence-electron chi connectivity index (χ2n) is 4.67. The van der Waals surface area contributed by atoms with E-state index < -0.39 is 0 Å². The first-order valence-corrected chi connectivity index (χ1v) is 6.42. The van der Waals surface area contributed by atoms with Crippen LogP contribution in [0.1, 0.15) is 16.9 Å². The SMILES string of the molecule is O=Cc1cc(N2CCOCC2)cc(N2CCC2)n1. The van der Waals surface area contributed by atoms with Crippen LogP contribution in [0.3, 0.4) is 0 Å². The molecule has 0 amide bonds. The highest BCUT2D eigenvalue weighted by molar-refractivity contribution is 5.76. The molecule has 1 aromatic heterocycles. The largest absolute Gasteiger partial charge is 0.378 e. The van der Waals surface area contributed by atoms with Crippen LogP contribution in [0, 0.1) is 0 Å². The van der Waals surface area contributed by atoms with E-state index in [0.29, 0.717) is 5.69 Å². The highest BCUT2D eigenvalue weighted by atomic mass is 16.5. The van der Waals surface area contributed by atoms with Gasteiger partial charge in [0.05, 0.1) is 13.2 Å². The summed E-state index contributed by atoms with van der Waals surface area (Å²) in [5, 5.41) is 0. The van der Waals surface area contributed by atoms with Crippen LogP contribution in [0.25, 0.3) is 0 Å². The number of aldehydes is 1. The number of rotatable bonds is 3. The van der Waals surface area contributed by atoms with Crippen LogP contribution in [-0.2, 0) is 4.74 Å². The van der Waals surface area contributed by atoms with Gasteiger partial charge in [-0.1, -0.05) is 0 Å². The molecule has 0 N–H and O–H groups in total. The highest BCUT2D eigenvalue weighted by Crippen LogP contribution is 2.25.